The summed E-state index contributed by atoms with van der Waals surface area (Å²) in [6, 6.07) is 10.7. The third-order valence-corrected chi connectivity index (χ3v) is 3.64. The van der Waals surface area contributed by atoms with Gasteiger partial charge in [-0.05, 0) is 48.6 Å². The van der Waals surface area contributed by atoms with E-state index >= 15 is 0 Å². The van der Waals surface area contributed by atoms with Gasteiger partial charge in [-0.2, -0.15) is 0 Å². The van der Waals surface area contributed by atoms with E-state index in [9.17, 15) is 8.78 Å². The Hall–Kier alpha value is -1.70. The molecule has 0 fully saturated rings. The van der Waals surface area contributed by atoms with Crippen LogP contribution in [-0.2, 0) is 6.42 Å². The number of aryl methyl sites for hydroxylation is 1. The molecule has 0 aromatic heterocycles. The predicted molar refractivity (Wildman–Crippen MR) is 79.8 cm³/mol. The Morgan fingerprint density at radius 1 is 0.850 bits per heavy atom. The molecule has 0 aliphatic heterocycles. The van der Waals surface area contributed by atoms with Gasteiger partial charge in [-0.25, -0.2) is 8.78 Å². The van der Waals surface area contributed by atoms with E-state index < -0.39 is 11.6 Å². The normalized spacial score (nSPS) is 10.8. The highest BCUT2D eigenvalue weighted by Crippen LogP contribution is 2.24. The Labute approximate surface area is 119 Å². The fraction of sp³-hybridized carbons (Fsp3) is 0.333. The summed E-state index contributed by atoms with van der Waals surface area (Å²) in [4.78, 5) is 0. The van der Waals surface area contributed by atoms with Crippen LogP contribution in [0.3, 0.4) is 0 Å². The van der Waals surface area contributed by atoms with Crippen LogP contribution in [0.15, 0.2) is 36.4 Å². The molecule has 0 heterocycles. The van der Waals surface area contributed by atoms with Crippen molar-refractivity contribution in [3.8, 4) is 11.1 Å². The van der Waals surface area contributed by atoms with Gasteiger partial charge in [-0.1, -0.05) is 44.0 Å². The Morgan fingerprint density at radius 3 is 2.00 bits per heavy atom. The second-order valence-electron chi connectivity index (χ2n) is 5.22. The van der Waals surface area contributed by atoms with Crippen molar-refractivity contribution in [3.05, 3.63) is 59.2 Å². The van der Waals surface area contributed by atoms with E-state index in [1.807, 2.05) is 24.3 Å². The third-order valence-electron chi connectivity index (χ3n) is 3.64. The summed E-state index contributed by atoms with van der Waals surface area (Å²) in [5.74, 6) is -0.987. The van der Waals surface area contributed by atoms with Gasteiger partial charge in [0.05, 0.1) is 0 Å². The molecule has 2 heteroatoms. The van der Waals surface area contributed by atoms with Gasteiger partial charge in [0, 0.05) is 5.56 Å². The predicted octanol–water partition coefficient (Wildman–Crippen LogP) is 5.67. The van der Waals surface area contributed by atoms with Crippen LogP contribution in [0.1, 0.15) is 37.3 Å². The highest BCUT2D eigenvalue weighted by Gasteiger charge is 2.08. The third kappa shape index (κ3) is 3.44. The molecular formula is C18H20F2. The van der Waals surface area contributed by atoms with Crippen molar-refractivity contribution in [2.24, 2.45) is 0 Å². The van der Waals surface area contributed by atoms with E-state index in [0.29, 0.717) is 5.56 Å². The van der Waals surface area contributed by atoms with E-state index in [2.05, 4.69) is 6.92 Å². The van der Waals surface area contributed by atoms with Gasteiger partial charge >= 0.3 is 0 Å². The molecule has 2 aromatic carbocycles. The minimum absolute atomic E-state index is 0.0740. The van der Waals surface area contributed by atoms with Gasteiger partial charge in [-0.15, -0.1) is 0 Å². The molecular weight excluding hydrogens is 254 g/mol. The minimum Gasteiger partial charge on any atom is -0.207 e. The zero-order valence-electron chi connectivity index (χ0n) is 12.0. The summed E-state index contributed by atoms with van der Waals surface area (Å²) >= 11 is 0. The largest absolute Gasteiger partial charge is 0.207 e. The molecule has 0 bridgehead atoms. The molecule has 0 atom stereocenters. The average Bonchev–Trinajstić information content (AvgIpc) is 2.45. The first-order valence-electron chi connectivity index (χ1n) is 7.16. The fourth-order valence-corrected chi connectivity index (χ4v) is 2.25. The molecule has 2 aromatic rings. The number of benzene rings is 2. The molecule has 20 heavy (non-hydrogen) atoms. The number of hydrogen-bond acceptors (Lipinski definition) is 0. The maximum absolute atomic E-state index is 13.6. The van der Waals surface area contributed by atoms with Gasteiger partial charge in [0.25, 0.3) is 0 Å². The van der Waals surface area contributed by atoms with Crippen molar-refractivity contribution in [3.63, 3.8) is 0 Å². The highest BCUT2D eigenvalue weighted by molar-refractivity contribution is 5.64. The van der Waals surface area contributed by atoms with Crippen molar-refractivity contribution in [1.29, 1.82) is 0 Å². The van der Waals surface area contributed by atoms with E-state index in [1.165, 1.54) is 43.9 Å². The number of halogens is 2. The zero-order valence-corrected chi connectivity index (χ0v) is 12.0. The van der Waals surface area contributed by atoms with Crippen LogP contribution in [-0.4, -0.2) is 0 Å². The SMILES string of the molecule is CCCCCc1ccc(-c2cc(F)c(C)c(F)c2)cc1. The Morgan fingerprint density at radius 2 is 1.45 bits per heavy atom. The molecule has 2 rings (SSSR count). The maximum atomic E-state index is 13.6. The lowest BCUT2D eigenvalue weighted by Crippen LogP contribution is -1.91. The highest BCUT2D eigenvalue weighted by atomic mass is 19.1. The lowest BCUT2D eigenvalue weighted by Gasteiger charge is -2.07. The van der Waals surface area contributed by atoms with Crippen molar-refractivity contribution in [2.45, 2.75) is 39.5 Å². The van der Waals surface area contributed by atoms with Gasteiger partial charge in [-0.3, -0.25) is 0 Å². The molecule has 106 valence electrons. The van der Waals surface area contributed by atoms with Crippen LogP contribution in [0.25, 0.3) is 11.1 Å². The summed E-state index contributed by atoms with van der Waals surface area (Å²) in [6.07, 6.45) is 4.69. The van der Waals surface area contributed by atoms with Gasteiger partial charge in [0.2, 0.25) is 0 Å². The van der Waals surface area contributed by atoms with Crippen molar-refractivity contribution >= 4 is 0 Å². The van der Waals surface area contributed by atoms with E-state index in [-0.39, 0.29) is 5.56 Å². The van der Waals surface area contributed by atoms with Crippen LogP contribution in [0.4, 0.5) is 8.78 Å². The molecule has 0 N–H and O–H groups in total. The monoisotopic (exact) mass is 274 g/mol. The second-order valence-corrected chi connectivity index (χ2v) is 5.22. The van der Waals surface area contributed by atoms with Crippen LogP contribution in [0.5, 0.6) is 0 Å². The topological polar surface area (TPSA) is 0 Å². The molecule has 0 unspecified atom stereocenters. The van der Waals surface area contributed by atoms with E-state index in [0.717, 1.165) is 12.0 Å². The summed E-state index contributed by atoms with van der Waals surface area (Å²) in [5.41, 5.74) is 2.79. The molecule has 0 amide bonds. The summed E-state index contributed by atoms with van der Waals surface area (Å²) in [5, 5.41) is 0. The van der Waals surface area contributed by atoms with Crippen LogP contribution in [0.2, 0.25) is 0 Å². The summed E-state index contributed by atoms with van der Waals surface area (Å²) in [6.45, 7) is 3.63. The van der Waals surface area contributed by atoms with E-state index in [1.54, 1.807) is 0 Å². The Kier molecular flexibility index (Phi) is 4.89. The summed E-state index contributed by atoms with van der Waals surface area (Å²) < 4.78 is 27.1. The molecule has 0 aliphatic rings. The average molecular weight is 274 g/mol. The Bertz CT molecular complexity index is 547. The Balaban J connectivity index is 2.17. The van der Waals surface area contributed by atoms with E-state index in [4.69, 9.17) is 0 Å². The first-order chi connectivity index (χ1) is 9.61. The lowest BCUT2D eigenvalue weighted by atomic mass is 10.00. The standard InChI is InChI=1S/C18H20F2/c1-3-4-5-6-14-7-9-15(10-8-14)16-11-17(19)13(2)18(20)12-16/h7-12H,3-6H2,1-2H3. The number of hydrogen-bond donors (Lipinski definition) is 0. The van der Waals surface area contributed by atoms with Crippen molar-refractivity contribution in [1.82, 2.24) is 0 Å². The smallest absolute Gasteiger partial charge is 0.129 e. The molecule has 0 spiro atoms. The number of rotatable bonds is 5. The second kappa shape index (κ2) is 6.65. The van der Waals surface area contributed by atoms with Crippen molar-refractivity contribution in [2.75, 3.05) is 0 Å². The number of unbranched alkanes of at least 4 members (excludes halogenated alkanes) is 2. The molecule has 0 aliphatic carbocycles. The van der Waals surface area contributed by atoms with Crippen LogP contribution < -0.4 is 0 Å². The molecule has 0 radical (unpaired) electrons. The van der Waals surface area contributed by atoms with Crippen LogP contribution >= 0.6 is 0 Å². The molecule has 0 nitrogen and oxygen atoms in total. The maximum Gasteiger partial charge on any atom is 0.129 e. The van der Waals surface area contributed by atoms with Crippen molar-refractivity contribution < 1.29 is 8.78 Å². The summed E-state index contributed by atoms with van der Waals surface area (Å²) in [7, 11) is 0. The van der Waals surface area contributed by atoms with Gasteiger partial charge in [0.1, 0.15) is 11.6 Å². The van der Waals surface area contributed by atoms with Gasteiger partial charge in [0.15, 0.2) is 0 Å². The lowest BCUT2D eigenvalue weighted by molar-refractivity contribution is 0.569. The zero-order chi connectivity index (χ0) is 14.5. The minimum atomic E-state index is -0.493. The molecule has 0 saturated carbocycles. The molecule has 0 saturated heterocycles. The quantitative estimate of drug-likeness (QED) is 0.616. The van der Waals surface area contributed by atoms with Crippen LogP contribution in [0, 0.1) is 18.6 Å². The van der Waals surface area contributed by atoms with Gasteiger partial charge < -0.3 is 0 Å². The first kappa shape index (κ1) is 14.7. The first-order valence-corrected chi connectivity index (χ1v) is 7.16. The fourth-order valence-electron chi connectivity index (χ4n) is 2.25.